The van der Waals surface area contributed by atoms with Crippen molar-refractivity contribution in [2.24, 2.45) is 0 Å². The Balaban J connectivity index is 1.80. The summed E-state index contributed by atoms with van der Waals surface area (Å²) in [5, 5.41) is 8.45. The number of benzene rings is 1. The van der Waals surface area contributed by atoms with E-state index in [1.807, 2.05) is 0 Å². The van der Waals surface area contributed by atoms with Gasteiger partial charge < -0.3 is 14.6 Å². The molecule has 9 nitrogen and oxygen atoms in total. The van der Waals surface area contributed by atoms with Crippen LogP contribution in [0.15, 0.2) is 28.8 Å². The number of hydrogen-bond acceptors (Lipinski definition) is 7. The highest BCUT2D eigenvalue weighted by Crippen LogP contribution is 2.16. The molecule has 29 heavy (non-hydrogen) atoms. The summed E-state index contributed by atoms with van der Waals surface area (Å²) in [4.78, 5) is 39.6. The summed E-state index contributed by atoms with van der Waals surface area (Å²) >= 11 is 0. The van der Waals surface area contributed by atoms with Crippen LogP contribution in [0.4, 0.5) is 9.18 Å². The molecule has 0 aliphatic rings. The second-order valence-corrected chi connectivity index (χ2v) is 7.34. The number of ether oxygens (including phenoxy) is 1. The zero-order valence-electron chi connectivity index (χ0n) is 16.6. The Morgan fingerprint density at radius 1 is 1.21 bits per heavy atom. The van der Waals surface area contributed by atoms with Crippen LogP contribution < -0.4 is 10.6 Å². The second kappa shape index (κ2) is 9.26. The SMILES string of the molecule is CC(OC(=O)CCc1nc(-c2ccc(F)cc2)no1)C(=O)NC(=O)NC(C)(C)C. The van der Waals surface area contributed by atoms with Gasteiger partial charge in [-0.3, -0.25) is 14.9 Å². The number of urea groups is 1. The van der Waals surface area contributed by atoms with Gasteiger partial charge in [-0.05, 0) is 52.0 Å². The molecular formula is C19H23FN4O5. The average Bonchev–Trinajstić information content (AvgIpc) is 3.07. The summed E-state index contributed by atoms with van der Waals surface area (Å²) in [6.07, 6.45) is -1.14. The lowest BCUT2D eigenvalue weighted by atomic mass is 10.1. The third kappa shape index (κ3) is 7.32. The molecule has 0 aliphatic carbocycles. The van der Waals surface area contributed by atoms with E-state index in [0.717, 1.165) is 0 Å². The first-order chi connectivity index (χ1) is 13.5. The topological polar surface area (TPSA) is 123 Å². The number of rotatable bonds is 6. The van der Waals surface area contributed by atoms with Gasteiger partial charge in [0.2, 0.25) is 11.7 Å². The lowest BCUT2D eigenvalue weighted by Gasteiger charge is -2.21. The Morgan fingerprint density at radius 3 is 2.48 bits per heavy atom. The molecule has 2 N–H and O–H groups in total. The number of carbonyl (C=O) groups is 3. The van der Waals surface area contributed by atoms with E-state index in [2.05, 4.69) is 20.8 Å². The third-order valence-electron chi connectivity index (χ3n) is 3.52. The maximum absolute atomic E-state index is 13.0. The van der Waals surface area contributed by atoms with Gasteiger partial charge in [0.05, 0.1) is 6.42 Å². The summed E-state index contributed by atoms with van der Waals surface area (Å²) in [5.41, 5.74) is 0.0593. The number of aromatic nitrogens is 2. The van der Waals surface area contributed by atoms with Crippen molar-refractivity contribution in [1.82, 2.24) is 20.8 Å². The quantitative estimate of drug-likeness (QED) is 0.706. The molecule has 0 saturated heterocycles. The first-order valence-corrected chi connectivity index (χ1v) is 8.94. The van der Waals surface area contributed by atoms with Crippen molar-refractivity contribution in [3.8, 4) is 11.4 Å². The van der Waals surface area contributed by atoms with Gasteiger partial charge in [0, 0.05) is 17.5 Å². The van der Waals surface area contributed by atoms with Crippen molar-refractivity contribution in [3.05, 3.63) is 36.0 Å². The van der Waals surface area contributed by atoms with Crippen molar-refractivity contribution in [2.75, 3.05) is 0 Å². The molecular weight excluding hydrogens is 383 g/mol. The molecule has 10 heteroatoms. The highest BCUT2D eigenvalue weighted by atomic mass is 19.1. The molecule has 1 aromatic carbocycles. The zero-order chi connectivity index (χ0) is 21.6. The lowest BCUT2D eigenvalue weighted by molar-refractivity contribution is -0.154. The van der Waals surface area contributed by atoms with E-state index in [1.54, 1.807) is 20.8 Å². The van der Waals surface area contributed by atoms with E-state index < -0.39 is 29.6 Å². The monoisotopic (exact) mass is 406 g/mol. The van der Waals surface area contributed by atoms with Crippen LogP contribution in [0.25, 0.3) is 11.4 Å². The molecule has 156 valence electrons. The number of nitrogens with zero attached hydrogens (tertiary/aromatic N) is 2. The van der Waals surface area contributed by atoms with Gasteiger partial charge in [0.1, 0.15) is 5.82 Å². The molecule has 0 fully saturated rings. The van der Waals surface area contributed by atoms with Crippen molar-refractivity contribution >= 4 is 17.9 Å². The zero-order valence-corrected chi connectivity index (χ0v) is 16.6. The molecule has 3 amide bonds. The van der Waals surface area contributed by atoms with E-state index >= 15 is 0 Å². The van der Waals surface area contributed by atoms with Crippen LogP contribution in [-0.2, 0) is 20.7 Å². The van der Waals surface area contributed by atoms with Crippen LogP contribution in [-0.4, -0.2) is 39.7 Å². The number of hydrogen-bond donors (Lipinski definition) is 2. The highest BCUT2D eigenvalue weighted by Gasteiger charge is 2.22. The van der Waals surface area contributed by atoms with Crippen molar-refractivity contribution in [2.45, 2.75) is 52.2 Å². The van der Waals surface area contributed by atoms with Crippen LogP contribution in [0.2, 0.25) is 0 Å². The van der Waals surface area contributed by atoms with Crippen LogP contribution in [0.5, 0.6) is 0 Å². The van der Waals surface area contributed by atoms with Gasteiger partial charge in [-0.2, -0.15) is 4.98 Å². The van der Waals surface area contributed by atoms with E-state index in [4.69, 9.17) is 9.26 Å². The Kier molecular flexibility index (Phi) is 7.03. The van der Waals surface area contributed by atoms with Gasteiger partial charge >= 0.3 is 12.0 Å². The number of imide groups is 1. The minimum absolute atomic E-state index is 0.100. The number of halogens is 1. The molecule has 0 spiro atoms. The average molecular weight is 406 g/mol. The number of aryl methyl sites for hydroxylation is 1. The predicted octanol–water partition coefficient (Wildman–Crippen LogP) is 2.36. The molecule has 0 saturated carbocycles. The minimum Gasteiger partial charge on any atom is -0.453 e. The molecule has 1 aromatic heterocycles. The maximum atomic E-state index is 13.0. The molecule has 0 bridgehead atoms. The molecule has 1 atom stereocenters. The summed E-state index contributed by atoms with van der Waals surface area (Å²) in [7, 11) is 0. The normalized spacial score (nSPS) is 12.2. The van der Waals surface area contributed by atoms with Crippen LogP contribution in [0, 0.1) is 5.82 Å². The van der Waals surface area contributed by atoms with E-state index in [1.165, 1.54) is 31.2 Å². The van der Waals surface area contributed by atoms with Gasteiger partial charge in [-0.25, -0.2) is 9.18 Å². The predicted molar refractivity (Wildman–Crippen MR) is 100.0 cm³/mol. The highest BCUT2D eigenvalue weighted by molar-refractivity contribution is 5.97. The van der Waals surface area contributed by atoms with Gasteiger partial charge in [-0.15, -0.1) is 0 Å². The number of amides is 3. The number of esters is 1. The summed E-state index contributed by atoms with van der Waals surface area (Å²) in [5.74, 6) is -1.31. The maximum Gasteiger partial charge on any atom is 0.321 e. The fraction of sp³-hybridized carbons (Fsp3) is 0.421. The minimum atomic E-state index is -1.15. The second-order valence-electron chi connectivity index (χ2n) is 7.34. The summed E-state index contributed by atoms with van der Waals surface area (Å²) in [6, 6.07) is 4.89. The molecule has 1 heterocycles. The molecule has 1 unspecified atom stereocenters. The van der Waals surface area contributed by atoms with Gasteiger partial charge in [-0.1, -0.05) is 5.16 Å². The largest absolute Gasteiger partial charge is 0.453 e. The Labute approximate surface area is 167 Å². The summed E-state index contributed by atoms with van der Waals surface area (Å²) in [6.45, 7) is 6.65. The lowest BCUT2D eigenvalue weighted by Crippen LogP contribution is -2.50. The fourth-order valence-corrected chi connectivity index (χ4v) is 2.18. The van der Waals surface area contributed by atoms with Crippen LogP contribution in [0.1, 0.15) is 40.0 Å². The van der Waals surface area contributed by atoms with Crippen molar-refractivity contribution in [1.29, 1.82) is 0 Å². The van der Waals surface area contributed by atoms with E-state index in [0.29, 0.717) is 5.56 Å². The Bertz CT molecular complexity index is 873. The van der Waals surface area contributed by atoms with Gasteiger partial charge in [0.25, 0.3) is 5.91 Å². The van der Waals surface area contributed by atoms with Crippen LogP contribution >= 0.6 is 0 Å². The van der Waals surface area contributed by atoms with E-state index in [9.17, 15) is 18.8 Å². The van der Waals surface area contributed by atoms with Crippen molar-refractivity contribution < 1.29 is 28.0 Å². The summed E-state index contributed by atoms with van der Waals surface area (Å²) < 4.78 is 23.0. The number of nitrogens with one attached hydrogen (secondary N) is 2. The Hall–Kier alpha value is -3.30. The first kappa shape index (κ1) is 22.0. The van der Waals surface area contributed by atoms with Crippen molar-refractivity contribution in [3.63, 3.8) is 0 Å². The molecule has 0 radical (unpaired) electrons. The smallest absolute Gasteiger partial charge is 0.321 e. The standard InChI is InChI=1S/C19H23FN4O5/c1-11(17(26)22-18(27)23-19(2,3)4)28-15(25)10-9-14-21-16(24-29-14)12-5-7-13(20)8-6-12/h5-8,11H,9-10H2,1-4H3,(H2,22,23,26,27). The molecule has 0 aliphatic heterocycles. The van der Waals surface area contributed by atoms with Gasteiger partial charge in [0.15, 0.2) is 6.10 Å². The fourth-order valence-electron chi connectivity index (χ4n) is 2.18. The third-order valence-corrected chi connectivity index (χ3v) is 3.52. The molecule has 2 rings (SSSR count). The number of carbonyl (C=O) groups excluding carboxylic acids is 3. The first-order valence-electron chi connectivity index (χ1n) is 8.94. The molecule has 2 aromatic rings. The Morgan fingerprint density at radius 2 is 1.86 bits per heavy atom. The van der Waals surface area contributed by atoms with Crippen LogP contribution in [0.3, 0.4) is 0 Å². The van der Waals surface area contributed by atoms with E-state index in [-0.39, 0.29) is 30.4 Å².